The second-order valence-electron chi connectivity index (χ2n) is 4.24. The summed E-state index contributed by atoms with van der Waals surface area (Å²) in [5.41, 5.74) is 7.82. The van der Waals surface area contributed by atoms with Gasteiger partial charge >= 0.3 is 0 Å². The summed E-state index contributed by atoms with van der Waals surface area (Å²) in [4.78, 5) is 4.57. The minimum Gasteiger partial charge on any atom is -0.331 e. The highest BCUT2D eigenvalue weighted by Gasteiger charge is 2.08. The van der Waals surface area contributed by atoms with E-state index in [2.05, 4.69) is 9.55 Å². The summed E-state index contributed by atoms with van der Waals surface area (Å²) in [7, 11) is 2.02. The molecular weight excluding hydrogens is 222 g/mol. The van der Waals surface area contributed by atoms with Crippen molar-refractivity contribution in [2.24, 2.45) is 12.8 Å². The first-order valence-corrected chi connectivity index (χ1v) is 5.82. The van der Waals surface area contributed by atoms with Crippen molar-refractivity contribution in [3.63, 3.8) is 0 Å². The van der Waals surface area contributed by atoms with Crippen molar-refractivity contribution in [1.82, 2.24) is 9.55 Å². The molecule has 1 aromatic heterocycles. The fraction of sp³-hybridized carbons (Fsp3) is 0.417. The lowest BCUT2D eigenvalue weighted by atomic mass is 10.2. The minimum absolute atomic E-state index is 0.211. The van der Waals surface area contributed by atoms with Crippen molar-refractivity contribution < 1.29 is 0 Å². The van der Waals surface area contributed by atoms with Gasteiger partial charge in [-0.25, -0.2) is 4.98 Å². The summed E-state index contributed by atoms with van der Waals surface area (Å²) in [6.45, 7) is 2.01. The van der Waals surface area contributed by atoms with Gasteiger partial charge in [0.1, 0.15) is 5.82 Å². The van der Waals surface area contributed by atoms with Gasteiger partial charge in [-0.2, -0.15) is 0 Å². The molecule has 0 fully saturated rings. The van der Waals surface area contributed by atoms with Gasteiger partial charge < -0.3 is 10.3 Å². The lowest BCUT2D eigenvalue weighted by Crippen LogP contribution is -2.16. The molecule has 4 heteroatoms. The highest BCUT2D eigenvalue weighted by atomic mass is 35.5. The van der Waals surface area contributed by atoms with Crippen molar-refractivity contribution in [3.05, 3.63) is 29.0 Å². The molecule has 0 spiro atoms. The van der Waals surface area contributed by atoms with Gasteiger partial charge in [-0.3, -0.25) is 0 Å². The average molecular weight is 238 g/mol. The number of fused-ring (bicyclic) bond motifs is 1. The van der Waals surface area contributed by atoms with E-state index in [1.54, 1.807) is 0 Å². The maximum absolute atomic E-state index is 5.97. The normalized spacial score (nSPS) is 13.2. The molecule has 1 aromatic carbocycles. The number of aryl methyl sites for hydroxylation is 2. The molecule has 2 aromatic rings. The van der Waals surface area contributed by atoms with Gasteiger partial charge in [-0.15, -0.1) is 0 Å². The molecule has 2 rings (SSSR count). The monoisotopic (exact) mass is 237 g/mol. The lowest BCUT2D eigenvalue weighted by molar-refractivity contribution is 0.636. The Labute approximate surface area is 100 Å². The SMILES string of the molecule is CC(N)CCc1nc2ccc(Cl)cc2n1C. The molecule has 0 aliphatic heterocycles. The number of rotatable bonds is 3. The van der Waals surface area contributed by atoms with Crippen LogP contribution in [-0.2, 0) is 13.5 Å². The molecule has 0 bridgehead atoms. The Morgan fingerprint density at radius 2 is 2.25 bits per heavy atom. The van der Waals surface area contributed by atoms with Crippen LogP contribution >= 0.6 is 11.6 Å². The van der Waals surface area contributed by atoms with Crippen LogP contribution in [0.25, 0.3) is 11.0 Å². The Morgan fingerprint density at radius 3 is 2.94 bits per heavy atom. The van der Waals surface area contributed by atoms with Gasteiger partial charge in [0.2, 0.25) is 0 Å². The smallest absolute Gasteiger partial charge is 0.109 e. The van der Waals surface area contributed by atoms with Crippen molar-refractivity contribution in [2.45, 2.75) is 25.8 Å². The summed E-state index contributed by atoms with van der Waals surface area (Å²) in [5, 5.41) is 0.745. The van der Waals surface area contributed by atoms with Crippen LogP contribution in [0.5, 0.6) is 0 Å². The third kappa shape index (κ3) is 2.20. The van der Waals surface area contributed by atoms with Crippen molar-refractivity contribution in [3.8, 4) is 0 Å². The van der Waals surface area contributed by atoms with E-state index in [0.29, 0.717) is 0 Å². The molecule has 0 aliphatic rings. The zero-order valence-electron chi connectivity index (χ0n) is 9.57. The van der Waals surface area contributed by atoms with Crippen LogP contribution in [0, 0.1) is 0 Å². The van der Waals surface area contributed by atoms with E-state index in [-0.39, 0.29) is 6.04 Å². The molecule has 2 N–H and O–H groups in total. The zero-order chi connectivity index (χ0) is 11.7. The lowest BCUT2D eigenvalue weighted by Gasteiger charge is -2.04. The Balaban J connectivity index is 2.36. The van der Waals surface area contributed by atoms with E-state index in [4.69, 9.17) is 17.3 Å². The number of benzene rings is 1. The third-order valence-electron chi connectivity index (χ3n) is 2.76. The minimum atomic E-state index is 0.211. The first-order valence-electron chi connectivity index (χ1n) is 5.44. The first kappa shape index (κ1) is 11.4. The Morgan fingerprint density at radius 1 is 1.50 bits per heavy atom. The highest BCUT2D eigenvalue weighted by molar-refractivity contribution is 6.31. The Kier molecular flexibility index (Phi) is 3.17. The summed E-state index contributed by atoms with van der Waals surface area (Å²) in [6, 6.07) is 5.97. The molecule has 3 nitrogen and oxygen atoms in total. The van der Waals surface area contributed by atoms with Gasteiger partial charge in [-0.1, -0.05) is 11.6 Å². The number of nitrogens with zero attached hydrogens (tertiary/aromatic N) is 2. The van der Waals surface area contributed by atoms with Crippen LogP contribution in [-0.4, -0.2) is 15.6 Å². The maximum Gasteiger partial charge on any atom is 0.109 e. The first-order chi connectivity index (χ1) is 7.58. The molecule has 86 valence electrons. The second-order valence-corrected chi connectivity index (χ2v) is 4.67. The Hall–Kier alpha value is -1.06. The summed E-state index contributed by atoms with van der Waals surface area (Å²) >= 11 is 5.97. The Bertz CT molecular complexity index is 502. The van der Waals surface area contributed by atoms with Crippen LogP contribution in [0.15, 0.2) is 18.2 Å². The molecule has 1 unspecified atom stereocenters. The predicted octanol–water partition coefficient (Wildman–Crippen LogP) is 2.51. The van der Waals surface area contributed by atoms with Crippen LogP contribution in [0.2, 0.25) is 5.02 Å². The number of imidazole rings is 1. The zero-order valence-corrected chi connectivity index (χ0v) is 10.3. The van der Waals surface area contributed by atoms with Gasteiger partial charge in [0.05, 0.1) is 11.0 Å². The maximum atomic E-state index is 5.97. The fourth-order valence-electron chi connectivity index (χ4n) is 1.79. The van der Waals surface area contributed by atoms with E-state index in [0.717, 1.165) is 34.7 Å². The van der Waals surface area contributed by atoms with Crippen LogP contribution in [0.4, 0.5) is 0 Å². The molecule has 0 saturated heterocycles. The van der Waals surface area contributed by atoms with E-state index < -0.39 is 0 Å². The molecular formula is C12H16ClN3. The van der Waals surface area contributed by atoms with Crippen LogP contribution < -0.4 is 5.73 Å². The van der Waals surface area contributed by atoms with Gasteiger partial charge in [0.15, 0.2) is 0 Å². The van der Waals surface area contributed by atoms with E-state index >= 15 is 0 Å². The molecule has 16 heavy (non-hydrogen) atoms. The average Bonchev–Trinajstić information content (AvgIpc) is 2.53. The topological polar surface area (TPSA) is 43.8 Å². The standard InChI is InChI=1S/C12H16ClN3/c1-8(14)3-6-12-15-10-5-4-9(13)7-11(10)16(12)2/h4-5,7-8H,3,6,14H2,1-2H3. The van der Waals surface area contributed by atoms with Crippen molar-refractivity contribution >= 4 is 22.6 Å². The van der Waals surface area contributed by atoms with Gasteiger partial charge in [0, 0.05) is 24.5 Å². The highest BCUT2D eigenvalue weighted by Crippen LogP contribution is 2.20. The van der Waals surface area contributed by atoms with E-state index in [1.165, 1.54) is 0 Å². The van der Waals surface area contributed by atoms with Crippen molar-refractivity contribution in [1.29, 1.82) is 0 Å². The molecule has 0 radical (unpaired) electrons. The quantitative estimate of drug-likeness (QED) is 0.892. The molecule has 1 atom stereocenters. The molecule has 1 heterocycles. The van der Waals surface area contributed by atoms with Gasteiger partial charge in [0.25, 0.3) is 0 Å². The van der Waals surface area contributed by atoms with Crippen LogP contribution in [0.3, 0.4) is 0 Å². The number of aromatic nitrogens is 2. The number of halogens is 1. The summed E-state index contributed by atoms with van der Waals surface area (Å²) in [5.74, 6) is 1.06. The third-order valence-corrected chi connectivity index (χ3v) is 2.99. The number of hydrogen-bond acceptors (Lipinski definition) is 2. The summed E-state index contributed by atoms with van der Waals surface area (Å²) < 4.78 is 2.09. The molecule has 0 saturated carbocycles. The molecule has 0 aliphatic carbocycles. The fourth-order valence-corrected chi connectivity index (χ4v) is 1.96. The van der Waals surface area contributed by atoms with Gasteiger partial charge in [-0.05, 0) is 31.5 Å². The largest absolute Gasteiger partial charge is 0.331 e. The number of nitrogens with two attached hydrogens (primary N) is 1. The van der Waals surface area contributed by atoms with Crippen LogP contribution in [0.1, 0.15) is 19.2 Å². The van der Waals surface area contributed by atoms with E-state index in [1.807, 2.05) is 32.2 Å². The van der Waals surface area contributed by atoms with Crippen molar-refractivity contribution in [2.75, 3.05) is 0 Å². The second kappa shape index (κ2) is 4.44. The summed E-state index contributed by atoms with van der Waals surface area (Å²) in [6.07, 6.45) is 1.85. The molecule has 0 amide bonds. The predicted molar refractivity (Wildman–Crippen MR) is 67.7 cm³/mol. The van der Waals surface area contributed by atoms with E-state index in [9.17, 15) is 0 Å². The number of hydrogen-bond donors (Lipinski definition) is 1.